The van der Waals surface area contributed by atoms with Crippen LogP contribution >= 0.6 is 0 Å². The number of nitrogens with two attached hydrogens (primary N) is 2. The molecule has 4 N–H and O–H groups in total. The number of tetrazole rings is 1. The average molecular weight is 427 g/mol. The van der Waals surface area contributed by atoms with Crippen LogP contribution in [0.15, 0.2) is 40.5 Å². The molecule has 0 bridgehead atoms. The van der Waals surface area contributed by atoms with Crippen molar-refractivity contribution < 1.29 is 14.3 Å². The van der Waals surface area contributed by atoms with E-state index < -0.39 is 11.4 Å². The largest absolute Gasteiger partial charge is 0.456 e. The minimum atomic E-state index is -0.611. The van der Waals surface area contributed by atoms with Crippen LogP contribution in [0.4, 0.5) is 0 Å². The molecule has 12 heteroatoms. The Kier molecular flexibility index (Phi) is 5.55. The lowest BCUT2D eigenvalue weighted by molar-refractivity contribution is -0.138. The summed E-state index contributed by atoms with van der Waals surface area (Å²) in [7, 11) is 0. The quantitative estimate of drug-likeness (QED) is 0.447. The number of cyclic esters (lactones) is 1. The number of esters is 1. The van der Waals surface area contributed by atoms with Crippen molar-refractivity contribution >= 4 is 23.9 Å². The number of hydrazone groups is 1. The lowest BCUT2D eigenvalue weighted by Crippen LogP contribution is -2.46. The third-order valence-electron chi connectivity index (χ3n) is 5.92. The second-order valence-electron chi connectivity index (χ2n) is 7.84. The van der Waals surface area contributed by atoms with Gasteiger partial charge in [0.05, 0.1) is 16.7 Å². The second kappa shape index (κ2) is 8.30. The SMILES string of the molecule is CC1=C(N2N=CC3(CCN(CC/C(N)=C/C=C(\N)n4cnnn4)CC3)C2=O)COC1=O. The summed E-state index contributed by atoms with van der Waals surface area (Å²) in [6.45, 7) is 4.04. The van der Waals surface area contributed by atoms with E-state index in [9.17, 15) is 9.59 Å². The highest BCUT2D eigenvalue weighted by Gasteiger charge is 2.48. The number of nitrogens with zero attached hydrogens (tertiary/aromatic N) is 7. The van der Waals surface area contributed by atoms with Crippen molar-refractivity contribution in [2.45, 2.75) is 26.2 Å². The topological polar surface area (TPSA) is 158 Å². The van der Waals surface area contributed by atoms with Gasteiger partial charge in [0, 0.05) is 18.5 Å². The molecule has 1 spiro atoms. The molecule has 0 unspecified atom stereocenters. The molecule has 0 saturated carbocycles. The summed E-state index contributed by atoms with van der Waals surface area (Å²) >= 11 is 0. The van der Waals surface area contributed by atoms with E-state index in [0.717, 1.165) is 19.6 Å². The van der Waals surface area contributed by atoms with Crippen molar-refractivity contribution in [3.05, 3.63) is 35.4 Å². The Morgan fingerprint density at radius 3 is 2.68 bits per heavy atom. The van der Waals surface area contributed by atoms with Crippen molar-refractivity contribution in [1.29, 1.82) is 0 Å². The molecule has 4 rings (SSSR count). The highest BCUT2D eigenvalue weighted by molar-refractivity contribution is 6.04. The fourth-order valence-electron chi connectivity index (χ4n) is 3.80. The summed E-state index contributed by atoms with van der Waals surface area (Å²) < 4.78 is 6.36. The number of ether oxygens (including phenoxy) is 1. The van der Waals surface area contributed by atoms with Crippen molar-refractivity contribution in [2.75, 3.05) is 26.2 Å². The molecule has 0 atom stereocenters. The minimum Gasteiger partial charge on any atom is -0.456 e. The Hall–Kier alpha value is -3.54. The van der Waals surface area contributed by atoms with Gasteiger partial charge in [-0.15, -0.1) is 5.10 Å². The van der Waals surface area contributed by atoms with E-state index in [0.29, 0.717) is 42.1 Å². The summed E-state index contributed by atoms with van der Waals surface area (Å²) in [5, 5.41) is 16.4. The monoisotopic (exact) mass is 427 g/mol. The van der Waals surface area contributed by atoms with Gasteiger partial charge in [0.25, 0.3) is 5.91 Å². The molecular weight excluding hydrogens is 402 g/mol. The van der Waals surface area contributed by atoms with E-state index in [-0.39, 0.29) is 12.5 Å². The zero-order chi connectivity index (χ0) is 22.0. The van der Waals surface area contributed by atoms with E-state index in [1.54, 1.807) is 25.3 Å². The second-order valence-corrected chi connectivity index (χ2v) is 7.84. The van der Waals surface area contributed by atoms with Crippen LogP contribution < -0.4 is 11.5 Å². The average Bonchev–Trinajstić information content (AvgIpc) is 3.49. The Labute approximate surface area is 178 Å². The number of allylic oxidation sites excluding steroid dienone is 2. The predicted molar refractivity (Wildman–Crippen MR) is 110 cm³/mol. The van der Waals surface area contributed by atoms with Crippen molar-refractivity contribution in [3.63, 3.8) is 0 Å². The molecule has 0 aliphatic carbocycles. The third kappa shape index (κ3) is 4.06. The van der Waals surface area contributed by atoms with Gasteiger partial charge in [0.2, 0.25) is 0 Å². The summed E-state index contributed by atoms with van der Waals surface area (Å²) in [4.78, 5) is 27.0. The molecule has 1 amide bonds. The molecule has 1 saturated heterocycles. The lowest BCUT2D eigenvalue weighted by Gasteiger charge is -2.36. The number of hydrogen-bond donors (Lipinski definition) is 2. The van der Waals surface area contributed by atoms with E-state index in [1.165, 1.54) is 16.0 Å². The molecule has 164 valence electrons. The summed E-state index contributed by atoms with van der Waals surface area (Å²) in [6, 6.07) is 0. The molecule has 0 aromatic carbocycles. The number of carbonyl (C=O) groups excluding carboxylic acids is 2. The Morgan fingerprint density at radius 1 is 1.26 bits per heavy atom. The Morgan fingerprint density at radius 2 is 2.03 bits per heavy atom. The van der Waals surface area contributed by atoms with Crippen LogP contribution in [-0.4, -0.2) is 74.4 Å². The molecule has 4 heterocycles. The molecule has 1 aromatic heterocycles. The van der Waals surface area contributed by atoms with E-state index >= 15 is 0 Å². The van der Waals surface area contributed by atoms with Gasteiger partial charge in [0.1, 0.15) is 18.8 Å². The first kappa shape index (κ1) is 20.7. The van der Waals surface area contributed by atoms with Crippen molar-refractivity contribution in [3.8, 4) is 0 Å². The van der Waals surface area contributed by atoms with Crippen LogP contribution in [0.5, 0.6) is 0 Å². The third-order valence-corrected chi connectivity index (χ3v) is 5.92. The van der Waals surface area contributed by atoms with Crippen molar-refractivity contribution in [1.82, 2.24) is 30.1 Å². The van der Waals surface area contributed by atoms with Gasteiger partial charge >= 0.3 is 5.97 Å². The van der Waals surface area contributed by atoms with Crippen LogP contribution in [0.25, 0.3) is 5.82 Å². The number of aromatic nitrogens is 4. The molecule has 12 nitrogen and oxygen atoms in total. The molecule has 1 fully saturated rings. The Bertz CT molecular complexity index is 985. The number of likely N-dealkylation sites (tertiary alicyclic amines) is 1. The van der Waals surface area contributed by atoms with E-state index in [1.807, 2.05) is 0 Å². The number of rotatable bonds is 6. The molecule has 1 aromatic rings. The fourth-order valence-corrected chi connectivity index (χ4v) is 3.80. The molecular formula is C19H25N9O3. The van der Waals surface area contributed by atoms with Gasteiger partial charge < -0.3 is 21.1 Å². The highest BCUT2D eigenvalue weighted by Crippen LogP contribution is 2.38. The van der Waals surface area contributed by atoms with Crippen LogP contribution in [0.2, 0.25) is 0 Å². The van der Waals surface area contributed by atoms with E-state index in [4.69, 9.17) is 16.2 Å². The minimum absolute atomic E-state index is 0.0811. The number of piperidine rings is 1. The van der Waals surface area contributed by atoms with Crippen LogP contribution in [0.3, 0.4) is 0 Å². The summed E-state index contributed by atoms with van der Waals surface area (Å²) in [6.07, 6.45) is 8.56. The zero-order valence-corrected chi connectivity index (χ0v) is 17.3. The van der Waals surface area contributed by atoms with Crippen LogP contribution in [0.1, 0.15) is 26.2 Å². The maximum absolute atomic E-state index is 13.1. The van der Waals surface area contributed by atoms with Gasteiger partial charge in [-0.05, 0) is 61.9 Å². The first-order valence-electron chi connectivity index (χ1n) is 10.0. The first-order chi connectivity index (χ1) is 14.9. The summed E-state index contributed by atoms with van der Waals surface area (Å²) in [5.74, 6) is -0.104. The first-order valence-corrected chi connectivity index (χ1v) is 10.0. The van der Waals surface area contributed by atoms with Gasteiger partial charge in [-0.25, -0.2) is 9.80 Å². The van der Waals surface area contributed by atoms with Crippen LogP contribution in [-0.2, 0) is 14.3 Å². The maximum Gasteiger partial charge on any atom is 0.336 e. The number of hydrogen-bond acceptors (Lipinski definition) is 10. The highest BCUT2D eigenvalue weighted by atomic mass is 16.5. The molecule has 0 radical (unpaired) electrons. The molecule has 31 heavy (non-hydrogen) atoms. The lowest BCUT2D eigenvalue weighted by atomic mass is 9.79. The van der Waals surface area contributed by atoms with E-state index in [2.05, 4.69) is 25.5 Å². The Balaban J connectivity index is 1.29. The zero-order valence-electron chi connectivity index (χ0n) is 17.3. The number of carbonyl (C=O) groups is 2. The molecule has 3 aliphatic rings. The smallest absolute Gasteiger partial charge is 0.336 e. The number of amides is 1. The fraction of sp³-hybridized carbons (Fsp3) is 0.474. The molecule has 3 aliphatic heterocycles. The standard InChI is InChI=1S/C19H25N9O3/c1-13-15(10-31-17(13)29)28-18(30)19(11-23-28)5-8-26(9-6-19)7-4-14(20)2-3-16(21)27-12-22-24-25-27/h2-3,11-12H,4-10,20-21H2,1H3/b14-2-,16-3+. The summed E-state index contributed by atoms with van der Waals surface area (Å²) in [5.41, 5.74) is 13.0. The predicted octanol–water partition coefficient (Wildman–Crippen LogP) is -0.596. The van der Waals surface area contributed by atoms with Gasteiger partial charge in [-0.3, -0.25) is 4.79 Å². The van der Waals surface area contributed by atoms with Crippen LogP contribution in [0, 0.1) is 5.41 Å². The maximum atomic E-state index is 13.1. The normalized spacial score (nSPS) is 22.2. The van der Waals surface area contributed by atoms with Gasteiger partial charge in [0.15, 0.2) is 0 Å². The van der Waals surface area contributed by atoms with Crippen molar-refractivity contribution in [2.24, 2.45) is 22.0 Å². The van der Waals surface area contributed by atoms with Gasteiger partial charge in [-0.2, -0.15) is 9.78 Å². The van der Waals surface area contributed by atoms with Gasteiger partial charge in [-0.1, -0.05) is 0 Å².